The van der Waals surface area contributed by atoms with Crippen LogP contribution in [0.2, 0.25) is 0 Å². The Labute approximate surface area is 90.8 Å². The molecular weight excluding hydrogens is 194 g/mol. The second-order valence-electron chi connectivity index (χ2n) is 3.72. The lowest BCUT2D eigenvalue weighted by Crippen LogP contribution is -2.19. The van der Waals surface area contributed by atoms with E-state index < -0.39 is 0 Å². The molecule has 0 aromatic rings. The van der Waals surface area contributed by atoms with Crippen molar-refractivity contribution in [2.24, 2.45) is 5.92 Å². The number of hydrogen-bond donors (Lipinski definition) is 2. The fraction of sp³-hybridized carbons (Fsp3) is 0.818. The van der Waals surface area contributed by atoms with Crippen molar-refractivity contribution >= 4 is 11.8 Å². The Morgan fingerprint density at radius 1 is 1.43 bits per heavy atom. The van der Waals surface area contributed by atoms with E-state index in [1.165, 1.54) is 12.2 Å². The van der Waals surface area contributed by atoms with Crippen LogP contribution in [0.1, 0.15) is 19.3 Å². The molecule has 0 aliphatic carbocycles. The second-order valence-corrected chi connectivity index (χ2v) is 4.87. The van der Waals surface area contributed by atoms with E-state index >= 15 is 0 Å². The first-order chi connectivity index (χ1) is 6.84. The summed E-state index contributed by atoms with van der Waals surface area (Å²) in [5.74, 6) is 5.34. The first-order valence-corrected chi connectivity index (χ1v) is 6.40. The lowest BCUT2D eigenvalue weighted by atomic mass is 10.1. The van der Waals surface area contributed by atoms with Gasteiger partial charge in [0.25, 0.3) is 0 Å². The van der Waals surface area contributed by atoms with Gasteiger partial charge in [0.15, 0.2) is 0 Å². The molecule has 0 amide bonds. The highest BCUT2D eigenvalue weighted by Gasteiger charge is 2.24. The van der Waals surface area contributed by atoms with Crippen LogP contribution in [0, 0.1) is 18.3 Å². The van der Waals surface area contributed by atoms with Crippen molar-refractivity contribution < 1.29 is 5.11 Å². The lowest BCUT2D eigenvalue weighted by molar-refractivity contribution is 0.158. The summed E-state index contributed by atoms with van der Waals surface area (Å²) in [6, 6.07) is 0. The Hall–Kier alpha value is -0.170. The van der Waals surface area contributed by atoms with E-state index in [4.69, 9.17) is 6.42 Å². The summed E-state index contributed by atoms with van der Waals surface area (Å²) >= 11 is 1.94. The maximum absolute atomic E-state index is 9.53. The third kappa shape index (κ3) is 4.36. The minimum Gasteiger partial charge on any atom is -0.391 e. The SMILES string of the molecule is C#CCCCCSC[C@H]1CNC[C@@H]1O. The molecule has 14 heavy (non-hydrogen) atoms. The van der Waals surface area contributed by atoms with E-state index in [-0.39, 0.29) is 6.10 Å². The van der Waals surface area contributed by atoms with Crippen LogP contribution < -0.4 is 5.32 Å². The van der Waals surface area contributed by atoms with Gasteiger partial charge in [0.2, 0.25) is 0 Å². The van der Waals surface area contributed by atoms with Crippen molar-refractivity contribution in [3.05, 3.63) is 0 Å². The largest absolute Gasteiger partial charge is 0.391 e. The zero-order valence-corrected chi connectivity index (χ0v) is 9.35. The Balaban J connectivity index is 1.91. The van der Waals surface area contributed by atoms with Crippen LogP contribution in [0.3, 0.4) is 0 Å². The van der Waals surface area contributed by atoms with Gasteiger partial charge in [0, 0.05) is 25.4 Å². The molecule has 0 aromatic heterocycles. The highest BCUT2D eigenvalue weighted by Crippen LogP contribution is 2.16. The molecule has 0 bridgehead atoms. The molecule has 0 radical (unpaired) electrons. The third-order valence-electron chi connectivity index (χ3n) is 2.50. The molecule has 1 aliphatic rings. The Morgan fingerprint density at radius 3 is 2.93 bits per heavy atom. The molecular formula is C11H19NOS. The van der Waals surface area contributed by atoms with E-state index in [9.17, 15) is 5.11 Å². The number of unbranched alkanes of at least 4 members (excludes halogenated alkanes) is 2. The van der Waals surface area contributed by atoms with Gasteiger partial charge < -0.3 is 10.4 Å². The first kappa shape index (κ1) is 11.9. The fourth-order valence-corrected chi connectivity index (χ4v) is 2.77. The maximum atomic E-state index is 9.53. The number of β-amino-alcohol motifs (C(OH)–C–C–N with tert-alkyl or cyclic N) is 1. The number of aliphatic hydroxyl groups is 1. The molecule has 0 saturated carbocycles. The minimum absolute atomic E-state index is 0.131. The highest BCUT2D eigenvalue weighted by atomic mass is 32.2. The monoisotopic (exact) mass is 213 g/mol. The maximum Gasteiger partial charge on any atom is 0.0712 e. The molecule has 1 heterocycles. The van der Waals surface area contributed by atoms with Crippen molar-refractivity contribution in [1.29, 1.82) is 0 Å². The van der Waals surface area contributed by atoms with Crippen molar-refractivity contribution in [2.75, 3.05) is 24.6 Å². The van der Waals surface area contributed by atoms with E-state index in [1.807, 2.05) is 11.8 Å². The van der Waals surface area contributed by atoms with Crippen LogP contribution in [-0.2, 0) is 0 Å². The first-order valence-electron chi connectivity index (χ1n) is 5.24. The Bertz CT molecular complexity index is 190. The molecule has 1 saturated heterocycles. The molecule has 1 aliphatic heterocycles. The molecule has 80 valence electrons. The van der Waals surface area contributed by atoms with Gasteiger partial charge in [-0.15, -0.1) is 12.3 Å². The van der Waals surface area contributed by atoms with Gasteiger partial charge in [-0.05, 0) is 24.3 Å². The minimum atomic E-state index is -0.131. The summed E-state index contributed by atoms with van der Waals surface area (Å²) in [5.41, 5.74) is 0. The Morgan fingerprint density at radius 2 is 2.29 bits per heavy atom. The summed E-state index contributed by atoms with van der Waals surface area (Å²) in [6.45, 7) is 1.74. The molecule has 0 unspecified atom stereocenters. The van der Waals surface area contributed by atoms with Crippen LogP contribution in [0.4, 0.5) is 0 Å². The van der Waals surface area contributed by atoms with E-state index in [2.05, 4.69) is 11.2 Å². The summed E-state index contributed by atoms with van der Waals surface area (Å²) in [5, 5.41) is 12.7. The summed E-state index contributed by atoms with van der Waals surface area (Å²) in [4.78, 5) is 0. The van der Waals surface area contributed by atoms with Crippen LogP contribution in [0.5, 0.6) is 0 Å². The van der Waals surface area contributed by atoms with Crippen LogP contribution >= 0.6 is 11.8 Å². The van der Waals surface area contributed by atoms with Gasteiger partial charge in [0.1, 0.15) is 0 Å². The van der Waals surface area contributed by atoms with Crippen molar-refractivity contribution in [2.45, 2.75) is 25.4 Å². The fourth-order valence-electron chi connectivity index (χ4n) is 1.56. The van der Waals surface area contributed by atoms with Gasteiger partial charge in [-0.25, -0.2) is 0 Å². The van der Waals surface area contributed by atoms with Crippen molar-refractivity contribution in [1.82, 2.24) is 5.32 Å². The summed E-state index contributed by atoms with van der Waals surface area (Å²) in [6.07, 6.45) is 8.26. The molecule has 0 spiro atoms. The number of nitrogens with one attached hydrogen (secondary N) is 1. The number of rotatable bonds is 6. The standard InChI is InChI=1S/C11H19NOS/c1-2-3-4-5-6-14-9-10-7-12-8-11(10)13/h1,10-13H,3-9H2/t10-,11+/m1/s1. The molecule has 0 aromatic carbocycles. The molecule has 2 nitrogen and oxygen atoms in total. The molecule has 2 atom stereocenters. The summed E-state index contributed by atoms with van der Waals surface area (Å²) < 4.78 is 0. The van der Waals surface area contributed by atoms with Crippen molar-refractivity contribution in [3.63, 3.8) is 0 Å². The van der Waals surface area contributed by atoms with Gasteiger partial charge in [-0.2, -0.15) is 11.8 Å². The number of hydrogen-bond acceptors (Lipinski definition) is 3. The van der Waals surface area contributed by atoms with Crippen molar-refractivity contribution in [3.8, 4) is 12.3 Å². The van der Waals surface area contributed by atoms with Crippen LogP contribution in [0.25, 0.3) is 0 Å². The zero-order valence-electron chi connectivity index (χ0n) is 8.54. The average molecular weight is 213 g/mol. The smallest absolute Gasteiger partial charge is 0.0712 e. The average Bonchev–Trinajstić information content (AvgIpc) is 2.58. The van der Waals surface area contributed by atoms with E-state index in [0.29, 0.717) is 5.92 Å². The lowest BCUT2D eigenvalue weighted by Gasteiger charge is -2.11. The molecule has 1 rings (SSSR count). The van der Waals surface area contributed by atoms with E-state index in [1.54, 1.807) is 0 Å². The quantitative estimate of drug-likeness (QED) is 0.512. The normalized spacial score (nSPS) is 26.3. The van der Waals surface area contributed by atoms with Gasteiger partial charge >= 0.3 is 0 Å². The second kappa shape index (κ2) is 7.17. The van der Waals surface area contributed by atoms with E-state index in [0.717, 1.165) is 31.7 Å². The van der Waals surface area contributed by atoms with Gasteiger partial charge in [-0.3, -0.25) is 0 Å². The number of thioether (sulfide) groups is 1. The van der Waals surface area contributed by atoms with Gasteiger partial charge in [-0.1, -0.05) is 0 Å². The molecule has 2 N–H and O–H groups in total. The topological polar surface area (TPSA) is 32.3 Å². The predicted octanol–water partition coefficient (Wildman–Crippen LogP) is 1.10. The number of aliphatic hydroxyl groups excluding tert-OH is 1. The molecule has 3 heteroatoms. The van der Waals surface area contributed by atoms with Crippen LogP contribution in [-0.4, -0.2) is 35.8 Å². The molecule has 1 fully saturated rings. The zero-order chi connectivity index (χ0) is 10.2. The summed E-state index contributed by atoms with van der Waals surface area (Å²) in [7, 11) is 0. The third-order valence-corrected chi connectivity index (χ3v) is 3.74. The highest BCUT2D eigenvalue weighted by molar-refractivity contribution is 7.99. The van der Waals surface area contributed by atoms with Crippen LogP contribution in [0.15, 0.2) is 0 Å². The Kier molecular flexibility index (Phi) is 6.09. The number of terminal acetylenes is 1. The van der Waals surface area contributed by atoms with Gasteiger partial charge in [0.05, 0.1) is 6.10 Å². The predicted molar refractivity (Wildman–Crippen MR) is 62.4 cm³/mol.